The van der Waals surface area contributed by atoms with Crippen LogP contribution in [-0.4, -0.2) is 19.3 Å². The molecule has 0 saturated carbocycles. The Morgan fingerprint density at radius 1 is 0.827 bits per heavy atom. The van der Waals surface area contributed by atoms with Gasteiger partial charge in [-0.1, -0.05) is 92.2 Å². The summed E-state index contributed by atoms with van der Waals surface area (Å²) in [5, 5.41) is 7.70. The Morgan fingerprint density at radius 3 is 2.29 bits per heavy atom. The average molecular weight is 693 g/mol. The molecular formula is C47H56N4O. The second-order valence-corrected chi connectivity index (χ2v) is 17.7. The van der Waals surface area contributed by atoms with Crippen molar-refractivity contribution in [3.63, 3.8) is 0 Å². The third kappa shape index (κ3) is 6.71. The highest BCUT2D eigenvalue weighted by atomic mass is 16.5. The molecule has 0 aliphatic heterocycles. The SMILES string of the molecule is CC1=CCC[C@H](C)C1c1c(C)nn(-c2cc(Oc3ccc4c5ccccc5n(-c5cc(CC(C)C)ccn5)c4c3)cc(C(C)(C)C)c2)c1C(C)(C)C. The van der Waals surface area contributed by atoms with E-state index in [0.29, 0.717) is 17.8 Å². The molecule has 52 heavy (non-hydrogen) atoms. The third-order valence-electron chi connectivity index (χ3n) is 10.8. The van der Waals surface area contributed by atoms with Gasteiger partial charge in [0.2, 0.25) is 0 Å². The summed E-state index contributed by atoms with van der Waals surface area (Å²) in [6, 6.07) is 26.1. The van der Waals surface area contributed by atoms with Crippen LogP contribution in [0.25, 0.3) is 33.3 Å². The van der Waals surface area contributed by atoms with E-state index in [1.165, 1.54) is 45.2 Å². The van der Waals surface area contributed by atoms with Gasteiger partial charge in [0.15, 0.2) is 0 Å². The van der Waals surface area contributed by atoms with E-state index in [0.717, 1.165) is 52.6 Å². The van der Waals surface area contributed by atoms with Crippen LogP contribution in [0.3, 0.4) is 0 Å². The molecule has 0 amide bonds. The predicted molar refractivity (Wildman–Crippen MR) is 218 cm³/mol. The minimum atomic E-state index is -0.119. The van der Waals surface area contributed by atoms with E-state index in [1.54, 1.807) is 0 Å². The van der Waals surface area contributed by atoms with Crippen molar-refractivity contribution in [3.8, 4) is 23.0 Å². The van der Waals surface area contributed by atoms with Gasteiger partial charge in [0, 0.05) is 46.0 Å². The van der Waals surface area contributed by atoms with Crippen LogP contribution in [0.2, 0.25) is 0 Å². The minimum Gasteiger partial charge on any atom is -0.457 e. The van der Waals surface area contributed by atoms with Crippen molar-refractivity contribution in [1.29, 1.82) is 0 Å². The second kappa shape index (κ2) is 13.4. The number of para-hydroxylation sites is 1. The quantitative estimate of drug-likeness (QED) is 0.156. The maximum Gasteiger partial charge on any atom is 0.137 e. The van der Waals surface area contributed by atoms with E-state index in [4.69, 9.17) is 14.8 Å². The fraction of sp³-hybridized carbons (Fsp3) is 0.404. The Labute approximate surface area is 310 Å². The molecule has 0 N–H and O–H groups in total. The summed E-state index contributed by atoms with van der Waals surface area (Å²) in [6.07, 6.45) is 7.75. The van der Waals surface area contributed by atoms with Crippen molar-refractivity contribution in [2.45, 2.75) is 112 Å². The highest BCUT2D eigenvalue weighted by molar-refractivity contribution is 6.09. The number of aryl methyl sites for hydroxylation is 1. The van der Waals surface area contributed by atoms with Gasteiger partial charge in [-0.3, -0.25) is 4.57 Å². The van der Waals surface area contributed by atoms with Crippen LogP contribution in [0.5, 0.6) is 11.5 Å². The number of fused-ring (bicyclic) bond motifs is 3. The summed E-state index contributed by atoms with van der Waals surface area (Å²) in [5.41, 5.74) is 10.8. The summed E-state index contributed by atoms with van der Waals surface area (Å²) in [4.78, 5) is 4.88. The third-order valence-corrected chi connectivity index (χ3v) is 10.8. The highest BCUT2D eigenvalue weighted by Crippen LogP contribution is 2.45. The molecule has 7 rings (SSSR count). The van der Waals surface area contributed by atoms with Crippen molar-refractivity contribution in [1.82, 2.24) is 19.3 Å². The molecule has 1 aliphatic rings. The Bertz CT molecular complexity index is 2300. The largest absolute Gasteiger partial charge is 0.457 e. The van der Waals surface area contributed by atoms with Crippen LogP contribution >= 0.6 is 0 Å². The molecule has 3 heterocycles. The number of aromatic nitrogens is 4. The summed E-state index contributed by atoms with van der Waals surface area (Å²) in [6.45, 7) is 25.2. The maximum atomic E-state index is 6.88. The van der Waals surface area contributed by atoms with E-state index in [9.17, 15) is 0 Å². The Balaban J connectivity index is 1.37. The number of ether oxygens (including phenoxy) is 1. The summed E-state index contributed by atoms with van der Waals surface area (Å²) in [5.74, 6) is 4.03. The number of pyridine rings is 1. The Kier molecular flexibility index (Phi) is 9.21. The standard InChI is InChI=1S/C47H56N4O/c1-29(2)23-33-21-22-48-42(24-33)50-40-18-13-12-17-38(40)39-20-19-36(28-41(39)50)52-37-26-34(46(6,7)8)25-35(27-37)51-45(47(9,10)11)44(32(5)49-51)43-30(3)15-14-16-31(43)4/h12-13,15,17-22,24-29,31,43H,14,16,23H2,1-11H3/t31-,43?/m0/s1. The lowest BCUT2D eigenvalue weighted by atomic mass is 9.72. The number of hydrogen-bond donors (Lipinski definition) is 0. The fourth-order valence-electron chi connectivity index (χ4n) is 8.42. The molecule has 0 bridgehead atoms. The zero-order valence-electron chi connectivity index (χ0n) is 33.1. The Hall–Kier alpha value is -4.64. The van der Waals surface area contributed by atoms with Crippen LogP contribution < -0.4 is 4.74 Å². The first-order valence-corrected chi connectivity index (χ1v) is 19.2. The first kappa shape index (κ1) is 35.7. The molecule has 6 aromatic rings. The lowest BCUT2D eigenvalue weighted by Crippen LogP contribution is -2.24. The molecule has 270 valence electrons. The van der Waals surface area contributed by atoms with Crippen molar-refractivity contribution in [2.24, 2.45) is 11.8 Å². The average Bonchev–Trinajstić information content (AvgIpc) is 3.59. The molecule has 0 fully saturated rings. The number of nitrogens with zero attached hydrogens (tertiary/aromatic N) is 4. The molecule has 3 aromatic heterocycles. The number of rotatable bonds is 7. The monoisotopic (exact) mass is 692 g/mol. The molecule has 0 saturated heterocycles. The lowest BCUT2D eigenvalue weighted by molar-refractivity contribution is 0.437. The van der Waals surface area contributed by atoms with Crippen LogP contribution in [0.1, 0.15) is 116 Å². The number of hydrogen-bond acceptors (Lipinski definition) is 3. The van der Waals surface area contributed by atoms with Gasteiger partial charge >= 0.3 is 0 Å². The summed E-state index contributed by atoms with van der Waals surface area (Å²) < 4.78 is 11.4. The zero-order valence-corrected chi connectivity index (χ0v) is 33.1. The smallest absolute Gasteiger partial charge is 0.137 e. The van der Waals surface area contributed by atoms with Gasteiger partial charge in [0.1, 0.15) is 17.3 Å². The molecule has 1 unspecified atom stereocenters. The van der Waals surface area contributed by atoms with Crippen LogP contribution in [0.15, 0.2) is 90.6 Å². The molecule has 5 nitrogen and oxygen atoms in total. The number of benzene rings is 3. The Morgan fingerprint density at radius 2 is 1.58 bits per heavy atom. The first-order chi connectivity index (χ1) is 24.6. The summed E-state index contributed by atoms with van der Waals surface area (Å²) in [7, 11) is 0. The number of allylic oxidation sites excluding steroid dienone is 2. The van der Waals surface area contributed by atoms with Crippen LogP contribution in [-0.2, 0) is 17.3 Å². The van der Waals surface area contributed by atoms with E-state index in [-0.39, 0.29) is 10.8 Å². The van der Waals surface area contributed by atoms with Gasteiger partial charge in [-0.05, 0) is 104 Å². The predicted octanol–water partition coefficient (Wildman–Crippen LogP) is 12.7. The molecule has 0 spiro atoms. The van der Waals surface area contributed by atoms with Gasteiger partial charge in [-0.15, -0.1) is 0 Å². The van der Waals surface area contributed by atoms with Crippen LogP contribution in [0.4, 0.5) is 0 Å². The maximum absolute atomic E-state index is 6.88. The van der Waals surface area contributed by atoms with E-state index in [2.05, 4.69) is 164 Å². The van der Waals surface area contributed by atoms with Gasteiger partial charge in [-0.25, -0.2) is 9.67 Å². The fourth-order valence-corrected chi connectivity index (χ4v) is 8.42. The van der Waals surface area contributed by atoms with Crippen molar-refractivity contribution in [3.05, 3.63) is 119 Å². The first-order valence-electron chi connectivity index (χ1n) is 19.2. The van der Waals surface area contributed by atoms with Gasteiger partial charge in [0.05, 0.1) is 28.1 Å². The van der Waals surface area contributed by atoms with Gasteiger partial charge < -0.3 is 4.74 Å². The topological polar surface area (TPSA) is 44.9 Å². The van der Waals surface area contributed by atoms with Gasteiger partial charge in [-0.2, -0.15) is 5.10 Å². The normalized spacial score (nSPS) is 17.0. The van der Waals surface area contributed by atoms with Crippen molar-refractivity contribution < 1.29 is 4.74 Å². The molecule has 0 radical (unpaired) electrons. The van der Waals surface area contributed by atoms with E-state index in [1.807, 2.05) is 6.20 Å². The molecule has 5 heteroatoms. The van der Waals surface area contributed by atoms with E-state index < -0.39 is 0 Å². The second-order valence-electron chi connectivity index (χ2n) is 17.7. The molecule has 2 atom stereocenters. The highest BCUT2D eigenvalue weighted by Gasteiger charge is 2.35. The van der Waals surface area contributed by atoms with Crippen molar-refractivity contribution >= 4 is 21.8 Å². The van der Waals surface area contributed by atoms with Crippen molar-refractivity contribution in [2.75, 3.05) is 0 Å². The minimum absolute atomic E-state index is 0.0959. The molecule has 3 aromatic carbocycles. The lowest BCUT2D eigenvalue weighted by Gasteiger charge is -2.32. The van der Waals surface area contributed by atoms with Crippen LogP contribution in [0, 0.1) is 18.8 Å². The van der Waals surface area contributed by atoms with Gasteiger partial charge in [0.25, 0.3) is 0 Å². The zero-order chi connectivity index (χ0) is 37.1. The van der Waals surface area contributed by atoms with E-state index >= 15 is 0 Å². The molecular weight excluding hydrogens is 637 g/mol. The summed E-state index contributed by atoms with van der Waals surface area (Å²) >= 11 is 0. The molecule has 1 aliphatic carbocycles.